The van der Waals surface area contributed by atoms with Crippen molar-refractivity contribution in [1.82, 2.24) is 5.32 Å². The van der Waals surface area contributed by atoms with E-state index in [1.807, 2.05) is 0 Å². The van der Waals surface area contributed by atoms with Gasteiger partial charge in [0.25, 0.3) is 0 Å². The summed E-state index contributed by atoms with van der Waals surface area (Å²) >= 11 is 0. The monoisotopic (exact) mass is 263 g/mol. The number of carbonyl (C=O) groups is 2. The minimum Gasteiger partial charge on any atom is -0.463 e. The summed E-state index contributed by atoms with van der Waals surface area (Å²) in [5, 5.41) is 2.66. The Bertz CT molecular complexity index is 534. The molecular formula is C14H14FNO3. The van der Waals surface area contributed by atoms with Crippen molar-refractivity contribution in [3.8, 4) is 0 Å². The summed E-state index contributed by atoms with van der Waals surface area (Å²) in [4.78, 5) is 23.3. The molecule has 2 rings (SSSR count). The molecule has 1 aromatic rings. The Kier molecular flexibility index (Phi) is 3.94. The molecule has 1 aromatic carbocycles. The van der Waals surface area contributed by atoms with Crippen LogP contribution in [0.4, 0.5) is 4.39 Å². The van der Waals surface area contributed by atoms with E-state index in [0.717, 1.165) is 0 Å². The van der Waals surface area contributed by atoms with Gasteiger partial charge in [-0.25, -0.2) is 9.18 Å². The van der Waals surface area contributed by atoms with Crippen LogP contribution >= 0.6 is 0 Å². The highest BCUT2D eigenvalue weighted by molar-refractivity contribution is 6.03. The van der Waals surface area contributed by atoms with Crippen molar-refractivity contribution in [2.24, 2.45) is 0 Å². The van der Waals surface area contributed by atoms with Crippen LogP contribution in [0.15, 0.2) is 29.8 Å². The van der Waals surface area contributed by atoms with Crippen LogP contribution in [-0.4, -0.2) is 18.5 Å². The molecular weight excluding hydrogens is 249 g/mol. The molecule has 0 aromatic heterocycles. The third-order valence-corrected chi connectivity index (χ3v) is 2.82. The van der Waals surface area contributed by atoms with Crippen LogP contribution in [0.3, 0.4) is 0 Å². The number of halogens is 1. The average Bonchev–Trinajstić information content (AvgIpc) is 2.39. The highest BCUT2D eigenvalue weighted by Gasteiger charge is 2.24. The summed E-state index contributed by atoms with van der Waals surface area (Å²) < 4.78 is 17.9. The van der Waals surface area contributed by atoms with E-state index in [9.17, 15) is 14.0 Å². The first kappa shape index (κ1) is 13.3. The third kappa shape index (κ3) is 2.99. The number of benzene rings is 1. The molecule has 5 heteroatoms. The summed E-state index contributed by atoms with van der Waals surface area (Å²) in [5.41, 5.74) is 1.43. The predicted molar refractivity (Wildman–Crippen MR) is 67.3 cm³/mol. The maximum atomic E-state index is 12.9. The molecule has 0 spiro atoms. The lowest BCUT2D eigenvalue weighted by atomic mass is 9.98. The quantitative estimate of drug-likeness (QED) is 0.849. The molecule has 1 aliphatic heterocycles. The van der Waals surface area contributed by atoms with Crippen LogP contribution in [0.5, 0.6) is 0 Å². The first-order valence-electron chi connectivity index (χ1n) is 6.08. The molecule has 0 saturated carbocycles. The van der Waals surface area contributed by atoms with Crippen LogP contribution in [0.2, 0.25) is 0 Å². The molecule has 0 atom stereocenters. The number of amides is 1. The SMILES string of the molecule is CCOC(=O)C1=C(c2ccc(F)cc2)NC(=O)CC1. The topological polar surface area (TPSA) is 55.4 Å². The van der Waals surface area contributed by atoms with Crippen molar-refractivity contribution < 1.29 is 18.7 Å². The van der Waals surface area contributed by atoms with Crippen molar-refractivity contribution >= 4 is 17.6 Å². The fourth-order valence-electron chi connectivity index (χ4n) is 1.93. The lowest BCUT2D eigenvalue weighted by Crippen LogP contribution is -2.30. The van der Waals surface area contributed by atoms with Gasteiger partial charge >= 0.3 is 5.97 Å². The number of hydrogen-bond donors (Lipinski definition) is 1. The first-order chi connectivity index (χ1) is 9.11. The normalized spacial score (nSPS) is 15.2. The Labute approximate surface area is 110 Å². The minimum absolute atomic E-state index is 0.160. The van der Waals surface area contributed by atoms with Gasteiger partial charge in [-0.15, -0.1) is 0 Å². The van der Waals surface area contributed by atoms with Gasteiger partial charge in [-0.2, -0.15) is 0 Å². The standard InChI is InChI=1S/C14H14FNO3/c1-2-19-14(18)11-7-8-12(17)16-13(11)9-3-5-10(15)6-4-9/h3-6H,2,7-8H2,1H3,(H,16,17). The van der Waals surface area contributed by atoms with Crippen molar-refractivity contribution in [3.05, 3.63) is 41.2 Å². The van der Waals surface area contributed by atoms with E-state index >= 15 is 0 Å². The lowest BCUT2D eigenvalue weighted by molar-refractivity contribution is -0.138. The van der Waals surface area contributed by atoms with Gasteiger partial charge in [0, 0.05) is 6.42 Å². The van der Waals surface area contributed by atoms with Gasteiger partial charge in [0.05, 0.1) is 17.9 Å². The number of rotatable bonds is 3. The van der Waals surface area contributed by atoms with Gasteiger partial charge in [0.15, 0.2) is 0 Å². The zero-order chi connectivity index (χ0) is 13.8. The molecule has 1 aliphatic rings. The fraction of sp³-hybridized carbons (Fsp3) is 0.286. The van der Waals surface area contributed by atoms with Gasteiger partial charge in [0.1, 0.15) is 5.82 Å². The van der Waals surface area contributed by atoms with Gasteiger partial charge in [-0.05, 0) is 43.2 Å². The van der Waals surface area contributed by atoms with Crippen LogP contribution in [0.1, 0.15) is 25.3 Å². The molecule has 4 nitrogen and oxygen atoms in total. The predicted octanol–water partition coefficient (Wildman–Crippen LogP) is 2.01. The maximum absolute atomic E-state index is 12.9. The molecule has 0 unspecified atom stereocenters. The third-order valence-electron chi connectivity index (χ3n) is 2.82. The lowest BCUT2D eigenvalue weighted by Gasteiger charge is -2.20. The molecule has 19 heavy (non-hydrogen) atoms. The first-order valence-corrected chi connectivity index (χ1v) is 6.08. The van der Waals surface area contributed by atoms with Crippen molar-refractivity contribution in [3.63, 3.8) is 0 Å². The largest absolute Gasteiger partial charge is 0.463 e. The van der Waals surface area contributed by atoms with E-state index in [2.05, 4.69) is 5.32 Å². The van der Waals surface area contributed by atoms with Gasteiger partial charge in [0.2, 0.25) is 5.91 Å². The zero-order valence-corrected chi connectivity index (χ0v) is 10.5. The molecule has 1 N–H and O–H groups in total. The molecule has 0 fully saturated rings. The second-order valence-corrected chi connectivity index (χ2v) is 4.13. The number of nitrogens with one attached hydrogen (secondary N) is 1. The summed E-state index contributed by atoms with van der Waals surface area (Å²) in [5.74, 6) is -0.974. The average molecular weight is 263 g/mol. The van der Waals surface area contributed by atoms with Gasteiger partial charge < -0.3 is 10.1 Å². The highest BCUT2D eigenvalue weighted by Crippen LogP contribution is 2.25. The van der Waals surface area contributed by atoms with Crippen LogP contribution in [0, 0.1) is 5.82 Å². The second-order valence-electron chi connectivity index (χ2n) is 4.13. The molecule has 100 valence electrons. The zero-order valence-electron chi connectivity index (χ0n) is 10.5. The summed E-state index contributed by atoms with van der Waals surface area (Å²) in [6.07, 6.45) is 0.580. The highest BCUT2D eigenvalue weighted by atomic mass is 19.1. The number of carbonyl (C=O) groups excluding carboxylic acids is 2. The Morgan fingerprint density at radius 1 is 1.32 bits per heavy atom. The molecule has 0 saturated heterocycles. The Morgan fingerprint density at radius 3 is 2.63 bits per heavy atom. The Morgan fingerprint density at radius 2 is 2.00 bits per heavy atom. The summed E-state index contributed by atoms with van der Waals surface area (Å²) in [7, 11) is 0. The molecule has 0 bridgehead atoms. The van der Waals surface area contributed by atoms with E-state index in [1.165, 1.54) is 24.3 Å². The van der Waals surface area contributed by atoms with Crippen LogP contribution in [-0.2, 0) is 14.3 Å². The fourth-order valence-corrected chi connectivity index (χ4v) is 1.93. The van der Waals surface area contributed by atoms with Gasteiger partial charge in [-0.3, -0.25) is 4.79 Å². The maximum Gasteiger partial charge on any atom is 0.336 e. The second kappa shape index (κ2) is 5.65. The van der Waals surface area contributed by atoms with Gasteiger partial charge in [-0.1, -0.05) is 0 Å². The van der Waals surface area contributed by atoms with E-state index in [-0.39, 0.29) is 24.8 Å². The number of hydrogen-bond acceptors (Lipinski definition) is 3. The van der Waals surface area contributed by atoms with Crippen molar-refractivity contribution in [2.75, 3.05) is 6.61 Å². The van der Waals surface area contributed by atoms with Crippen molar-refractivity contribution in [1.29, 1.82) is 0 Å². The van der Waals surface area contributed by atoms with E-state index < -0.39 is 5.97 Å². The van der Waals surface area contributed by atoms with E-state index in [4.69, 9.17) is 4.74 Å². The van der Waals surface area contributed by atoms with Crippen LogP contribution < -0.4 is 5.32 Å². The molecule has 1 amide bonds. The van der Waals surface area contributed by atoms with E-state index in [0.29, 0.717) is 23.3 Å². The van der Waals surface area contributed by atoms with Crippen LogP contribution in [0.25, 0.3) is 5.70 Å². The summed E-state index contributed by atoms with van der Waals surface area (Å²) in [6.45, 7) is 1.99. The number of esters is 1. The molecule has 0 aliphatic carbocycles. The summed E-state index contributed by atoms with van der Waals surface area (Å²) in [6, 6.07) is 5.61. The Hall–Kier alpha value is -2.17. The van der Waals surface area contributed by atoms with E-state index in [1.54, 1.807) is 6.92 Å². The minimum atomic E-state index is -0.443. The Balaban J connectivity index is 2.41. The molecule has 0 radical (unpaired) electrons. The van der Waals surface area contributed by atoms with Crippen molar-refractivity contribution in [2.45, 2.75) is 19.8 Å². The smallest absolute Gasteiger partial charge is 0.336 e. The number of ether oxygens (including phenoxy) is 1. The molecule has 1 heterocycles.